The molecular formula is C15H9BF2N2OS. The molecule has 5 rings (SSSR count). The summed E-state index contributed by atoms with van der Waals surface area (Å²) in [4.78, 5) is 1.02. The maximum absolute atomic E-state index is 15.2. The molecule has 0 unspecified atom stereocenters. The van der Waals surface area contributed by atoms with Crippen LogP contribution in [0.15, 0.2) is 54.4 Å². The van der Waals surface area contributed by atoms with E-state index in [-0.39, 0.29) is 5.88 Å². The standard InChI is InChI=1S/C15H9BF2N2OS/c17-16(18)19-10-5-1-3-7-12(10)21-14(19)9-15-20(16)11-6-2-4-8-13(11)22-15/h1-9H. The van der Waals surface area contributed by atoms with Gasteiger partial charge in [-0.05, 0) is 18.2 Å². The van der Waals surface area contributed by atoms with Gasteiger partial charge in [-0.15, -0.1) is 0 Å². The van der Waals surface area contributed by atoms with E-state index in [2.05, 4.69) is 0 Å². The van der Waals surface area contributed by atoms with Crippen molar-refractivity contribution in [2.24, 2.45) is 0 Å². The van der Waals surface area contributed by atoms with Gasteiger partial charge in [-0.3, -0.25) is 0 Å². The highest BCUT2D eigenvalue weighted by molar-refractivity contribution is 7.19. The number of hydrogen-bond acceptors (Lipinski definition) is 3. The highest BCUT2D eigenvalue weighted by Gasteiger charge is 2.57. The molecule has 108 valence electrons. The van der Waals surface area contributed by atoms with Crippen molar-refractivity contribution >= 4 is 40.3 Å². The van der Waals surface area contributed by atoms with Crippen molar-refractivity contribution in [3.63, 3.8) is 0 Å². The number of halogens is 2. The van der Waals surface area contributed by atoms with Crippen LogP contribution in [0.25, 0.3) is 16.3 Å². The first kappa shape index (κ1) is 12.2. The molecule has 0 amide bonds. The summed E-state index contributed by atoms with van der Waals surface area (Å²) < 4.78 is 38.1. The van der Waals surface area contributed by atoms with Gasteiger partial charge in [0.05, 0.1) is 16.5 Å². The lowest BCUT2D eigenvalue weighted by molar-refractivity contribution is -0.536. The van der Waals surface area contributed by atoms with Crippen LogP contribution in [0.4, 0.5) is 14.3 Å². The summed E-state index contributed by atoms with van der Waals surface area (Å²) in [7, 11) is 0. The summed E-state index contributed by atoms with van der Waals surface area (Å²) in [6.45, 7) is -3.99. The molecule has 3 nitrogen and oxygen atoms in total. The largest absolute Gasteiger partial charge is 0.741 e. The average molecular weight is 314 g/mol. The van der Waals surface area contributed by atoms with E-state index in [1.807, 2.05) is 12.1 Å². The minimum Gasteiger partial charge on any atom is -0.442 e. The number of ether oxygens (including phenoxy) is 1. The van der Waals surface area contributed by atoms with Crippen LogP contribution in [0.1, 0.15) is 5.01 Å². The second-order valence-electron chi connectivity index (χ2n) is 5.29. The van der Waals surface area contributed by atoms with Crippen LogP contribution in [0.2, 0.25) is 0 Å². The molecule has 0 aliphatic carbocycles. The summed E-state index contributed by atoms with van der Waals surface area (Å²) in [5, 5.41) is 0.505. The van der Waals surface area contributed by atoms with E-state index in [0.29, 0.717) is 22.0 Å². The SMILES string of the molecule is F[B-]1(F)N2C(=Cc3sc4ccccc4[n+]31)Oc1ccccc12. The molecule has 0 fully saturated rings. The molecule has 22 heavy (non-hydrogen) atoms. The molecule has 0 spiro atoms. The molecule has 1 aromatic heterocycles. The van der Waals surface area contributed by atoms with E-state index in [1.165, 1.54) is 11.3 Å². The molecule has 2 aliphatic heterocycles. The molecule has 3 aromatic rings. The first-order chi connectivity index (χ1) is 10.7. The molecule has 0 saturated carbocycles. The van der Waals surface area contributed by atoms with Crippen LogP contribution in [0.3, 0.4) is 0 Å². The first-order valence-electron chi connectivity index (χ1n) is 6.90. The normalized spacial score (nSPS) is 17.5. The Morgan fingerprint density at radius 1 is 1.05 bits per heavy atom. The zero-order chi connectivity index (χ0) is 14.9. The minimum absolute atomic E-state index is 0.192. The maximum atomic E-state index is 15.2. The Balaban J connectivity index is 1.84. The third-order valence-corrected chi connectivity index (χ3v) is 5.11. The van der Waals surface area contributed by atoms with E-state index in [0.717, 1.165) is 14.0 Å². The number of hydrogen-bond donors (Lipinski definition) is 0. The quantitative estimate of drug-likeness (QED) is 0.589. The van der Waals surface area contributed by atoms with Crippen molar-refractivity contribution in [2.75, 3.05) is 4.81 Å². The Kier molecular flexibility index (Phi) is 2.14. The second kappa shape index (κ2) is 3.86. The van der Waals surface area contributed by atoms with Gasteiger partial charge in [-0.25, -0.2) is 0 Å². The van der Waals surface area contributed by atoms with E-state index < -0.39 is 6.97 Å². The van der Waals surface area contributed by atoms with Gasteiger partial charge in [0, 0.05) is 6.07 Å². The third kappa shape index (κ3) is 1.36. The topological polar surface area (TPSA) is 16.4 Å². The number of anilines is 1. The molecule has 2 aromatic carbocycles. The zero-order valence-corrected chi connectivity index (χ0v) is 12.1. The number of rotatable bonds is 0. The summed E-state index contributed by atoms with van der Waals surface area (Å²) in [6, 6.07) is 14.1. The smallest absolute Gasteiger partial charge is 0.442 e. The highest BCUT2D eigenvalue weighted by Crippen LogP contribution is 2.45. The van der Waals surface area contributed by atoms with Gasteiger partial charge in [-0.2, -0.15) is 0 Å². The van der Waals surface area contributed by atoms with Gasteiger partial charge in [0.25, 0.3) is 0 Å². The predicted molar refractivity (Wildman–Crippen MR) is 82.9 cm³/mol. The van der Waals surface area contributed by atoms with Crippen LogP contribution in [0, 0.1) is 0 Å². The van der Waals surface area contributed by atoms with Crippen molar-refractivity contribution in [2.45, 2.75) is 0 Å². The lowest BCUT2D eigenvalue weighted by Gasteiger charge is -2.32. The monoisotopic (exact) mass is 314 g/mol. The fourth-order valence-corrected chi connectivity index (χ4v) is 4.23. The predicted octanol–water partition coefficient (Wildman–Crippen LogP) is 3.62. The number of thiazole rings is 1. The number of para-hydroxylation sites is 3. The summed E-state index contributed by atoms with van der Waals surface area (Å²) in [5.74, 6) is 0.660. The Hall–Kier alpha value is -2.41. The van der Waals surface area contributed by atoms with Crippen molar-refractivity contribution in [1.82, 2.24) is 0 Å². The number of benzene rings is 2. The molecule has 0 radical (unpaired) electrons. The molecule has 0 N–H and O–H groups in total. The second-order valence-corrected chi connectivity index (χ2v) is 6.35. The van der Waals surface area contributed by atoms with Crippen LogP contribution in [-0.4, -0.2) is 6.97 Å². The summed E-state index contributed by atoms with van der Waals surface area (Å²) >= 11 is 1.35. The Bertz CT molecular complexity index is 969. The lowest BCUT2D eigenvalue weighted by atomic mass is 9.90. The van der Waals surface area contributed by atoms with E-state index >= 15 is 8.63 Å². The van der Waals surface area contributed by atoms with Crippen molar-refractivity contribution in [3.8, 4) is 5.75 Å². The fraction of sp³-hybridized carbons (Fsp3) is 0. The van der Waals surface area contributed by atoms with Gasteiger partial charge in [0.15, 0.2) is 11.4 Å². The number of aromatic nitrogens is 1. The van der Waals surface area contributed by atoms with Crippen molar-refractivity contribution in [1.29, 1.82) is 0 Å². The zero-order valence-electron chi connectivity index (χ0n) is 11.2. The summed E-state index contributed by atoms with van der Waals surface area (Å²) in [6.07, 6.45) is 1.68. The molecule has 0 bridgehead atoms. The average Bonchev–Trinajstić information content (AvgIpc) is 3.05. The van der Waals surface area contributed by atoms with Gasteiger partial charge in [0.2, 0.25) is 5.01 Å². The van der Waals surface area contributed by atoms with Crippen molar-refractivity contribution < 1.29 is 17.8 Å². The molecule has 3 heterocycles. The van der Waals surface area contributed by atoms with Crippen LogP contribution in [-0.2, 0) is 0 Å². The molecule has 7 heteroatoms. The van der Waals surface area contributed by atoms with Gasteiger partial charge < -0.3 is 22.7 Å². The summed E-state index contributed by atoms with van der Waals surface area (Å²) in [5.41, 5.74) is 0.958. The maximum Gasteiger partial charge on any atom is 0.741 e. The van der Waals surface area contributed by atoms with Crippen LogP contribution < -0.4 is 14.0 Å². The number of fused-ring (bicyclic) bond motifs is 6. The number of nitrogens with zero attached hydrogens (tertiary/aromatic N) is 2. The molecule has 2 aliphatic rings. The molecular weight excluding hydrogens is 305 g/mol. The Morgan fingerprint density at radius 2 is 1.82 bits per heavy atom. The van der Waals surface area contributed by atoms with Crippen LogP contribution >= 0.6 is 11.3 Å². The third-order valence-electron chi connectivity index (χ3n) is 4.02. The minimum atomic E-state index is -3.99. The Morgan fingerprint density at radius 3 is 2.73 bits per heavy atom. The van der Waals surface area contributed by atoms with E-state index in [9.17, 15) is 0 Å². The molecule has 0 atom stereocenters. The van der Waals surface area contributed by atoms with E-state index in [4.69, 9.17) is 4.74 Å². The van der Waals surface area contributed by atoms with Gasteiger partial charge in [0.1, 0.15) is 5.75 Å². The highest BCUT2D eigenvalue weighted by atomic mass is 32.1. The van der Waals surface area contributed by atoms with E-state index in [1.54, 1.807) is 42.5 Å². The molecule has 0 saturated heterocycles. The first-order valence-corrected chi connectivity index (χ1v) is 7.71. The van der Waals surface area contributed by atoms with Crippen molar-refractivity contribution in [3.05, 3.63) is 59.4 Å². The van der Waals surface area contributed by atoms with Crippen LogP contribution in [0.5, 0.6) is 5.75 Å². The lowest BCUT2D eigenvalue weighted by Crippen LogP contribution is -2.71. The fourth-order valence-electron chi connectivity index (χ4n) is 3.11. The van der Waals surface area contributed by atoms with Gasteiger partial charge >= 0.3 is 6.97 Å². The Labute approximate surface area is 128 Å². The van der Waals surface area contributed by atoms with Gasteiger partial charge in [-0.1, -0.05) is 35.6 Å².